The molecule has 5 heteroatoms. The molecule has 0 bridgehead atoms. The number of halogens is 2. The number of aryl methyl sites for hydroxylation is 1. The molecule has 1 heterocycles. The second-order valence-corrected chi connectivity index (χ2v) is 3.21. The molecule has 1 aliphatic rings. The molecule has 3 nitrogen and oxygen atoms in total. The second-order valence-electron chi connectivity index (χ2n) is 3.21. The number of ether oxygens (including phenoxy) is 2. The quantitative estimate of drug-likeness (QED) is 0.715. The maximum atomic E-state index is 13.2. The molecule has 0 aromatic heterocycles. The van der Waals surface area contributed by atoms with Gasteiger partial charge in [-0.05, 0) is 24.6 Å². The van der Waals surface area contributed by atoms with Crippen LogP contribution in [0, 0.1) is 18.3 Å². The molecule has 1 aromatic carbocycles. The van der Waals surface area contributed by atoms with Gasteiger partial charge in [0.25, 0.3) is 0 Å². The van der Waals surface area contributed by atoms with E-state index in [-0.39, 0.29) is 18.1 Å². The molecule has 0 spiro atoms. The topological polar surface area (TPSA) is 42.2 Å². The Labute approximate surface area is 84.8 Å². The summed E-state index contributed by atoms with van der Waals surface area (Å²) in [5, 5.41) is 8.35. The molecule has 1 aliphatic heterocycles. The third-order valence-corrected chi connectivity index (χ3v) is 2.20. The van der Waals surface area contributed by atoms with Crippen molar-refractivity contribution in [3.05, 3.63) is 23.3 Å². The van der Waals surface area contributed by atoms with E-state index in [9.17, 15) is 8.78 Å². The lowest BCUT2D eigenvalue weighted by molar-refractivity contribution is 0.0603. The van der Waals surface area contributed by atoms with E-state index >= 15 is 0 Å². The van der Waals surface area contributed by atoms with Gasteiger partial charge < -0.3 is 9.47 Å². The number of fused-ring (bicyclic) bond motifs is 1. The summed E-state index contributed by atoms with van der Waals surface area (Å²) in [5.74, 6) is -2.80. The van der Waals surface area contributed by atoms with Gasteiger partial charge in [0.15, 0.2) is 11.5 Å². The van der Waals surface area contributed by atoms with E-state index in [1.165, 1.54) is 13.0 Å². The molecule has 78 valence electrons. The predicted octanol–water partition coefficient (Wildman–Crippen LogP) is 2.34. The molecule has 0 radical (unpaired) electrons. The minimum absolute atomic E-state index is 0.0242. The first-order chi connectivity index (χ1) is 7.04. The molecule has 0 saturated heterocycles. The number of nitrogens with zero attached hydrogens (tertiary/aromatic N) is 1. The molecule has 0 N–H and O–H groups in total. The van der Waals surface area contributed by atoms with E-state index in [0.29, 0.717) is 11.3 Å². The Hall–Kier alpha value is -1.83. The smallest absolute Gasteiger partial charge is 0.357 e. The summed E-state index contributed by atoms with van der Waals surface area (Å²) in [6, 6.07) is 3.56. The first-order valence-corrected chi connectivity index (χ1v) is 4.24. The van der Waals surface area contributed by atoms with Crippen molar-refractivity contribution >= 4 is 0 Å². The molecule has 0 atom stereocenters. The number of nitriles is 1. The van der Waals surface area contributed by atoms with E-state index in [0.717, 1.165) is 12.1 Å². The van der Waals surface area contributed by atoms with Crippen molar-refractivity contribution < 1.29 is 18.3 Å². The zero-order valence-corrected chi connectivity index (χ0v) is 7.88. The fraction of sp³-hybridized carbons (Fsp3) is 0.300. The third kappa shape index (κ3) is 1.48. The Morgan fingerprint density at radius 3 is 2.53 bits per heavy atom. The van der Waals surface area contributed by atoms with Crippen LogP contribution >= 0.6 is 0 Å². The lowest BCUT2D eigenvalue weighted by Gasteiger charge is -2.11. The lowest BCUT2D eigenvalue weighted by atomic mass is 10.0. The predicted molar refractivity (Wildman–Crippen MR) is 46.8 cm³/mol. The van der Waals surface area contributed by atoms with Gasteiger partial charge in [-0.1, -0.05) is 0 Å². The van der Waals surface area contributed by atoms with Crippen LogP contribution in [0.4, 0.5) is 8.78 Å². The van der Waals surface area contributed by atoms with Crippen LogP contribution in [0.2, 0.25) is 0 Å². The number of alkyl halides is 2. The van der Waals surface area contributed by atoms with Crippen LogP contribution in [0.25, 0.3) is 0 Å². The molecular formula is C10H7F2NO2. The number of rotatable bonds is 1. The number of hydrogen-bond donors (Lipinski definition) is 0. The van der Waals surface area contributed by atoms with Crippen LogP contribution in [0.1, 0.15) is 11.1 Å². The molecule has 0 unspecified atom stereocenters. The normalized spacial score (nSPS) is 13.7. The van der Waals surface area contributed by atoms with Gasteiger partial charge >= 0.3 is 5.92 Å². The highest BCUT2D eigenvalue weighted by atomic mass is 19.3. The van der Waals surface area contributed by atoms with Crippen LogP contribution in [0.3, 0.4) is 0 Å². The average molecular weight is 211 g/mol. The molecule has 2 rings (SSSR count). The minimum atomic E-state index is -3.49. The van der Waals surface area contributed by atoms with Crippen molar-refractivity contribution in [2.24, 2.45) is 0 Å². The van der Waals surface area contributed by atoms with E-state index in [1.54, 1.807) is 0 Å². The Balaban J connectivity index is 2.55. The summed E-state index contributed by atoms with van der Waals surface area (Å²) in [6.45, 7) is 1.53. The second kappa shape index (κ2) is 3.09. The molecule has 0 aliphatic carbocycles. The van der Waals surface area contributed by atoms with E-state index < -0.39 is 5.92 Å². The first-order valence-electron chi connectivity index (χ1n) is 4.24. The van der Waals surface area contributed by atoms with Crippen LogP contribution in [-0.4, -0.2) is 6.79 Å². The van der Waals surface area contributed by atoms with Crippen LogP contribution in [0.5, 0.6) is 11.5 Å². The highest BCUT2D eigenvalue weighted by Crippen LogP contribution is 2.39. The van der Waals surface area contributed by atoms with Crippen LogP contribution < -0.4 is 9.47 Å². The Bertz CT molecular complexity index is 451. The zero-order chi connectivity index (χ0) is 11.1. The van der Waals surface area contributed by atoms with E-state index in [2.05, 4.69) is 0 Å². The van der Waals surface area contributed by atoms with Gasteiger partial charge in [0, 0.05) is 5.56 Å². The molecule has 15 heavy (non-hydrogen) atoms. The van der Waals surface area contributed by atoms with E-state index in [4.69, 9.17) is 14.7 Å². The fourth-order valence-corrected chi connectivity index (χ4v) is 1.44. The van der Waals surface area contributed by atoms with Crippen molar-refractivity contribution in [3.8, 4) is 17.6 Å². The van der Waals surface area contributed by atoms with Crippen molar-refractivity contribution in [1.82, 2.24) is 0 Å². The molecule has 0 saturated carbocycles. The van der Waals surface area contributed by atoms with Gasteiger partial charge in [-0.25, -0.2) is 0 Å². The van der Waals surface area contributed by atoms with Gasteiger partial charge in [0.1, 0.15) is 6.07 Å². The van der Waals surface area contributed by atoms with Crippen molar-refractivity contribution in [2.45, 2.75) is 12.8 Å². The Morgan fingerprint density at radius 2 is 1.93 bits per heavy atom. The van der Waals surface area contributed by atoms with Crippen molar-refractivity contribution in [1.29, 1.82) is 5.26 Å². The fourth-order valence-electron chi connectivity index (χ4n) is 1.44. The summed E-state index contributed by atoms with van der Waals surface area (Å²) in [4.78, 5) is 0. The summed E-state index contributed by atoms with van der Waals surface area (Å²) in [5.41, 5.74) is -0.0277. The van der Waals surface area contributed by atoms with Gasteiger partial charge in [-0.3, -0.25) is 0 Å². The lowest BCUT2D eigenvalue weighted by Crippen LogP contribution is -2.11. The number of hydrogen-bond acceptors (Lipinski definition) is 3. The summed E-state index contributed by atoms with van der Waals surface area (Å²) < 4.78 is 36.3. The van der Waals surface area contributed by atoms with E-state index in [1.807, 2.05) is 0 Å². The maximum Gasteiger partial charge on any atom is 0.357 e. The van der Waals surface area contributed by atoms with Crippen LogP contribution in [-0.2, 0) is 5.92 Å². The SMILES string of the molecule is Cc1cc2c(cc1C(F)(F)C#N)OCO2. The average Bonchev–Trinajstić information content (AvgIpc) is 2.63. The molecule has 0 fully saturated rings. The summed E-state index contributed by atoms with van der Waals surface area (Å²) in [7, 11) is 0. The Kier molecular flexibility index (Phi) is 2.00. The molecular weight excluding hydrogens is 204 g/mol. The van der Waals surface area contributed by atoms with Crippen molar-refractivity contribution in [2.75, 3.05) is 6.79 Å². The standard InChI is InChI=1S/C10H7F2NO2/c1-6-2-8-9(15-5-14-8)3-7(6)10(11,12)4-13/h2-3H,5H2,1H3. The molecule has 1 aromatic rings. The first kappa shape index (κ1) is 9.71. The largest absolute Gasteiger partial charge is 0.454 e. The van der Waals surface area contributed by atoms with Gasteiger partial charge in [0.05, 0.1) is 0 Å². The van der Waals surface area contributed by atoms with Gasteiger partial charge in [0.2, 0.25) is 6.79 Å². The Morgan fingerprint density at radius 1 is 1.33 bits per heavy atom. The number of benzene rings is 1. The zero-order valence-electron chi connectivity index (χ0n) is 7.88. The minimum Gasteiger partial charge on any atom is -0.454 e. The third-order valence-electron chi connectivity index (χ3n) is 2.20. The highest BCUT2D eigenvalue weighted by molar-refractivity contribution is 5.50. The summed E-state index contributed by atoms with van der Waals surface area (Å²) >= 11 is 0. The van der Waals surface area contributed by atoms with Crippen LogP contribution in [0.15, 0.2) is 12.1 Å². The van der Waals surface area contributed by atoms with Gasteiger partial charge in [-0.2, -0.15) is 14.0 Å². The molecule has 0 amide bonds. The monoisotopic (exact) mass is 211 g/mol. The highest BCUT2D eigenvalue weighted by Gasteiger charge is 2.34. The van der Waals surface area contributed by atoms with Gasteiger partial charge in [-0.15, -0.1) is 0 Å². The maximum absolute atomic E-state index is 13.2. The van der Waals surface area contributed by atoms with Crippen molar-refractivity contribution in [3.63, 3.8) is 0 Å². The summed E-state index contributed by atoms with van der Waals surface area (Å²) in [6.07, 6.45) is 0.